The predicted molar refractivity (Wildman–Crippen MR) is 126 cm³/mol. The number of rotatable bonds is 6. The Balaban J connectivity index is 1.18. The lowest BCUT2D eigenvalue weighted by Gasteiger charge is -2.52. The Bertz CT molecular complexity index is 1080. The van der Waals surface area contributed by atoms with E-state index in [2.05, 4.69) is 29.6 Å². The topological polar surface area (TPSA) is 95.9 Å². The first-order valence-electron chi connectivity index (χ1n) is 12.0. The van der Waals surface area contributed by atoms with Crippen LogP contribution < -0.4 is 5.32 Å². The first-order chi connectivity index (χ1) is 16.4. The number of carboxylic acids is 1. The van der Waals surface area contributed by atoms with Crippen LogP contribution in [-0.2, 0) is 14.3 Å². The van der Waals surface area contributed by atoms with Crippen LogP contribution >= 0.6 is 0 Å². The second-order valence-corrected chi connectivity index (χ2v) is 9.86. The highest BCUT2D eigenvalue weighted by atomic mass is 16.5. The third-order valence-electron chi connectivity index (χ3n) is 7.78. The Morgan fingerprint density at radius 2 is 1.65 bits per heavy atom. The Labute approximate surface area is 199 Å². The summed E-state index contributed by atoms with van der Waals surface area (Å²) >= 11 is 0. The van der Waals surface area contributed by atoms with Crippen LogP contribution in [0, 0.1) is 5.92 Å². The quantitative estimate of drug-likeness (QED) is 0.672. The molecule has 1 atom stereocenters. The van der Waals surface area contributed by atoms with Gasteiger partial charge >= 0.3 is 12.1 Å². The molecule has 2 bridgehead atoms. The lowest BCUT2D eigenvalue weighted by Crippen LogP contribution is -2.64. The average molecular weight is 463 g/mol. The van der Waals surface area contributed by atoms with Gasteiger partial charge in [-0.3, -0.25) is 4.79 Å². The molecule has 7 heteroatoms. The number of piperidine rings is 2. The third kappa shape index (κ3) is 3.83. The monoisotopic (exact) mass is 462 g/mol. The number of fused-ring (bicyclic) bond motifs is 6. The van der Waals surface area contributed by atoms with Gasteiger partial charge in [0.25, 0.3) is 0 Å². The molecule has 4 aliphatic rings. The highest BCUT2D eigenvalue weighted by Gasteiger charge is 2.53. The minimum atomic E-state index is -1.09. The molecule has 0 radical (unpaired) electrons. The molecular weight excluding hydrogens is 432 g/mol. The van der Waals surface area contributed by atoms with Gasteiger partial charge < -0.3 is 20.1 Å². The first-order valence-corrected chi connectivity index (χ1v) is 12.0. The molecule has 7 nitrogen and oxygen atoms in total. The van der Waals surface area contributed by atoms with Gasteiger partial charge in [0.1, 0.15) is 12.1 Å². The molecule has 34 heavy (non-hydrogen) atoms. The van der Waals surface area contributed by atoms with E-state index in [0.717, 1.165) is 35.1 Å². The van der Waals surface area contributed by atoms with Gasteiger partial charge in [0.05, 0.1) is 0 Å². The molecule has 2 amide bonds. The van der Waals surface area contributed by atoms with Gasteiger partial charge in [0.15, 0.2) is 0 Å². The lowest BCUT2D eigenvalue weighted by molar-refractivity contribution is -0.170. The van der Waals surface area contributed by atoms with Crippen molar-refractivity contribution in [2.24, 2.45) is 5.92 Å². The minimum absolute atomic E-state index is 0.0330. The smallest absolute Gasteiger partial charge is 0.407 e. The highest BCUT2D eigenvalue weighted by Crippen LogP contribution is 2.45. The molecule has 0 unspecified atom stereocenters. The summed E-state index contributed by atoms with van der Waals surface area (Å²) < 4.78 is 5.58. The van der Waals surface area contributed by atoms with Crippen LogP contribution in [0.25, 0.3) is 11.1 Å². The summed E-state index contributed by atoms with van der Waals surface area (Å²) in [6.45, 7) is 2.44. The molecule has 2 N–H and O–H groups in total. The molecule has 6 rings (SSSR count). The number of hydrogen-bond acceptors (Lipinski definition) is 4. The number of amides is 2. The van der Waals surface area contributed by atoms with Gasteiger partial charge in [-0.1, -0.05) is 48.5 Å². The van der Waals surface area contributed by atoms with E-state index in [1.165, 1.54) is 0 Å². The molecule has 3 fully saturated rings. The van der Waals surface area contributed by atoms with Gasteiger partial charge in [-0.2, -0.15) is 0 Å². The largest absolute Gasteiger partial charge is 0.479 e. The number of ether oxygens (including phenoxy) is 1. The van der Waals surface area contributed by atoms with E-state index in [-0.39, 0.29) is 24.9 Å². The summed E-state index contributed by atoms with van der Waals surface area (Å²) in [4.78, 5) is 39.1. The summed E-state index contributed by atoms with van der Waals surface area (Å²) in [7, 11) is 0. The van der Waals surface area contributed by atoms with Crippen LogP contribution in [0.3, 0.4) is 0 Å². The van der Waals surface area contributed by atoms with Crippen molar-refractivity contribution >= 4 is 18.0 Å². The number of alkyl carbamates (subject to hydrolysis) is 1. The molecule has 2 aromatic carbocycles. The van der Waals surface area contributed by atoms with Crippen LogP contribution in [0.15, 0.2) is 48.5 Å². The molecule has 2 saturated heterocycles. The van der Waals surface area contributed by atoms with Crippen LogP contribution in [-0.4, -0.2) is 52.7 Å². The summed E-state index contributed by atoms with van der Waals surface area (Å²) in [6, 6.07) is 15.8. The van der Waals surface area contributed by atoms with E-state index in [1.54, 1.807) is 11.8 Å². The number of hydrogen-bond donors (Lipinski definition) is 2. The van der Waals surface area contributed by atoms with Gasteiger partial charge in [-0.25, -0.2) is 9.59 Å². The first kappa shape index (κ1) is 22.4. The van der Waals surface area contributed by atoms with Gasteiger partial charge in [0, 0.05) is 24.9 Å². The van der Waals surface area contributed by atoms with Crippen molar-refractivity contribution in [2.45, 2.75) is 56.5 Å². The second-order valence-electron chi connectivity index (χ2n) is 9.86. The number of nitrogens with one attached hydrogen (secondary N) is 1. The number of nitrogens with zero attached hydrogens (tertiary/aromatic N) is 1. The van der Waals surface area contributed by atoms with Gasteiger partial charge in [-0.05, 0) is 60.8 Å². The van der Waals surface area contributed by atoms with E-state index < -0.39 is 23.6 Å². The fourth-order valence-electron chi connectivity index (χ4n) is 5.97. The predicted octanol–water partition coefficient (Wildman–Crippen LogP) is 4.16. The molecule has 0 aromatic heterocycles. The molecule has 0 spiro atoms. The average Bonchev–Trinajstić information content (AvgIpc) is 3.17. The summed E-state index contributed by atoms with van der Waals surface area (Å²) in [5, 5.41) is 12.6. The molecule has 1 saturated carbocycles. The fraction of sp³-hybridized carbons (Fsp3) is 0.444. The maximum atomic E-state index is 13.0. The van der Waals surface area contributed by atoms with E-state index in [9.17, 15) is 19.5 Å². The summed E-state index contributed by atoms with van der Waals surface area (Å²) in [6.07, 6.45) is 2.19. The normalized spacial score (nSPS) is 23.7. The van der Waals surface area contributed by atoms with Crippen molar-refractivity contribution in [3.63, 3.8) is 0 Å². The van der Waals surface area contributed by atoms with E-state index in [4.69, 9.17) is 4.74 Å². The lowest BCUT2D eigenvalue weighted by atomic mass is 9.70. The van der Waals surface area contributed by atoms with Crippen LogP contribution in [0.4, 0.5) is 4.79 Å². The number of aliphatic carboxylic acids is 1. The SMILES string of the molecule is C[C@H](CC(=O)N1CC2CCC1(C(=O)O)CC2)NC(=O)OCC1c2ccccc2-c2ccccc21. The van der Waals surface area contributed by atoms with Crippen molar-refractivity contribution in [2.75, 3.05) is 13.2 Å². The maximum absolute atomic E-state index is 13.0. The highest BCUT2D eigenvalue weighted by molar-refractivity contribution is 5.88. The fourth-order valence-corrected chi connectivity index (χ4v) is 5.97. The Morgan fingerprint density at radius 3 is 2.24 bits per heavy atom. The third-order valence-corrected chi connectivity index (χ3v) is 7.78. The van der Waals surface area contributed by atoms with Crippen molar-refractivity contribution in [1.29, 1.82) is 0 Å². The number of carboxylic acid groups (broad SMARTS) is 1. The molecule has 2 aromatic rings. The number of carbonyl (C=O) groups is 3. The molecule has 2 aliphatic carbocycles. The van der Waals surface area contributed by atoms with Crippen molar-refractivity contribution in [3.05, 3.63) is 59.7 Å². The zero-order valence-electron chi connectivity index (χ0n) is 19.3. The zero-order valence-corrected chi connectivity index (χ0v) is 19.3. The van der Waals surface area contributed by atoms with E-state index >= 15 is 0 Å². The van der Waals surface area contributed by atoms with Gasteiger partial charge in [-0.15, -0.1) is 0 Å². The van der Waals surface area contributed by atoms with Gasteiger partial charge in [0.2, 0.25) is 5.91 Å². The zero-order chi connectivity index (χ0) is 23.9. The minimum Gasteiger partial charge on any atom is -0.479 e. The molecule has 2 heterocycles. The van der Waals surface area contributed by atoms with Crippen LogP contribution in [0.2, 0.25) is 0 Å². The van der Waals surface area contributed by atoms with E-state index in [1.807, 2.05) is 24.3 Å². The van der Waals surface area contributed by atoms with E-state index in [0.29, 0.717) is 25.3 Å². The summed E-state index contributed by atoms with van der Waals surface area (Å²) in [5.41, 5.74) is 3.51. The maximum Gasteiger partial charge on any atom is 0.407 e. The number of carbonyl (C=O) groups excluding carboxylic acids is 2. The van der Waals surface area contributed by atoms with Crippen molar-refractivity contribution in [3.8, 4) is 11.1 Å². The second kappa shape index (κ2) is 8.78. The van der Waals surface area contributed by atoms with Crippen LogP contribution in [0.5, 0.6) is 0 Å². The number of benzene rings is 2. The summed E-state index contributed by atoms with van der Waals surface area (Å²) in [5.74, 6) is -0.806. The van der Waals surface area contributed by atoms with Crippen molar-refractivity contribution < 1.29 is 24.2 Å². The Morgan fingerprint density at radius 1 is 1.06 bits per heavy atom. The molecule has 2 aliphatic heterocycles. The molecular formula is C27H30N2O5. The van der Waals surface area contributed by atoms with Crippen molar-refractivity contribution in [1.82, 2.24) is 10.2 Å². The van der Waals surface area contributed by atoms with Crippen LogP contribution in [0.1, 0.15) is 56.1 Å². The Hall–Kier alpha value is -3.35. The molecule has 178 valence electrons. The standard InChI is InChI=1S/C27H30N2O5/c1-17(14-24(30)29-15-18-10-12-27(29,13-11-18)25(31)32)28-26(33)34-16-23-21-8-4-2-6-19(21)20-7-3-5-9-22(20)23/h2-9,17-18,23H,10-16H2,1H3,(H,28,33)(H,31,32)/t17-,18?,27?/m1/s1. The Kier molecular flexibility index (Phi) is 5.80.